The molecule has 2 N–H and O–H groups in total. The number of hydrogen-bond donors (Lipinski definition) is 2. The second kappa shape index (κ2) is 9.26. The summed E-state index contributed by atoms with van der Waals surface area (Å²) in [6.45, 7) is 4.03. The summed E-state index contributed by atoms with van der Waals surface area (Å²) in [4.78, 5) is 13.8. The van der Waals surface area contributed by atoms with E-state index in [1.807, 2.05) is 80.6 Å². The van der Waals surface area contributed by atoms with Gasteiger partial charge in [-0.15, -0.1) is 0 Å². The van der Waals surface area contributed by atoms with Crippen molar-refractivity contribution in [2.24, 2.45) is 0 Å². The van der Waals surface area contributed by atoms with Gasteiger partial charge in [-0.1, -0.05) is 48.5 Å². The molecule has 0 amide bonds. The van der Waals surface area contributed by atoms with E-state index in [4.69, 9.17) is 9.47 Å². The van der Waals surface area contributed by atoms with Gasteiger partial charge in [0, 0.05) is 29.2 Å². The summed E-state index contributed by atoms with van der Waals surface area (Å²) < 4.78 is 11.8. The highest BCUT2D eigenvalue weighted by atomic mass is 16.5. The second-order valence-corrected chi connectivity index (χ2v) is 9.11. The topological polar surface area (TPSA) is 59.6 Å². The summed E-state index contributed by atoms with van der Waals surface area (Å²) in [5.74, 6) is 1.79. The smallest absolute Gasteiger partial charge is 0.163 e. The van der Waals surface area contributed by atoms with Crippen molar-refractivity contribution in [2.75, 3.05) is 17.7 Å². The molecule has 5 rings (SSSR count). The SMILES string of the molecule is COc1ccccc1C1CC(=O)C2=C(C1)Nc1ccccc1NC2c1ccccc1OC(C)C. The van der Waals surface area contributed by atoms with E-state index in [-0.39, 0.29) is 23.8 Å². The van der Waals surface area contributed by atoms with Crippen molar-refractivity contribution in [1.82, 2.24) is 0 Å². The number of carbonyl (C=O) groups is 1. The molecule has 5 heteroatoms. The van der Waals surface area contributed by atoms with Crippen LogP contribution in [0.2, 0.25) is 0 Å². The van der Waals surface area contributed by atoms with Crippen molar-refractivity contribution in [1.29, 1.82) is 0 Å². The molecule has 2 unspecified atom stereocenters. The summed E-state index contributed by atoms with van der Waals surface area (Å²) in [7, 11) is 1.68. The minimum Gasteiger partial charge on any atom is -0.496 e. The molecule has 1 aliphatic carbocycles. The highest BCUT2D eigenvalue weighted by Crippen LogP contribution is 2.46. The highest BCUT2D eigenvalue weighted by molar-refractivity contribution is 6.01. The molecule has 1 heterocycles. The number of anilines is 2. The monoisotopic (exact) mass is 454 g/mol. The first-order chi connectivity index (χ1) is 16.5. The Morgan fingerprint density at radius 2 is 1.47 bits per heavy atom. The van der Waals surface area contributed by atoms with E-state index in [1.54, 1.807) is 7.11 Å². The lowest BCUT2D eigenvalue weighted by Crippen LogP contribution is -2.27. The highest BCUT2D eigenvalue weighted by Gasteiger charge is 2.37. The first kappa shape index (κ1) is 22.1. The van der Waals surface area contributed by atoms with Crippen LogP contribution in [-0.2, 0) is 4.79 Å². The average molecular weight is 455 g/mol. The second-order valence-electron chi connectivity index (χ2n) is 9.11. The van der Waals surface area contributed by atoms with Gasteiger partial charge in [-0.25, -0.2) is 0 Å². The maximum Gasteiger partial charge on any atom is 0.163 e. The Kier molecular flexibility index (Phi) is 6.01. The Hall–Kier alpha value is -3.73. The molecule has 3 aromatic carbocycles. The number of carbonyl (C=O) groups excluding carboxylic acids is 1. The predicted octanol–water partition coefficient (Wildman–Crippen LogP) is 6.46. The van der Waals surface area contributed by atoms with Crippen LogP contribution in [0.4, 0.5) is 11.4 Å². The first-order valence-corrected chi connectivity index (χ1v) is 11.8. The number of ether oxygens (including phenoxy) is 2. The molecule has 0 saturated heterocycles. The van der Waals surface area contributed by atoms with Crippen molar-refractivity contribution < 1.29 is 14.3 Å². The standard InChI is InChI=1S/C29H30N2O3/c1-18(2)34-27-15-9-5-11-21(27)29-28-24(30-22-12-6-7-13-23(22)31-29)16-19(17-25(28)32)20-10-4-8-14-26(20)33-3/h4-15,18-19,29-31H,16-17H2,1-3H3. The van der Waals surface area contributed by atoms with Gasteiger partial charge in [0.25, 0.3) is 0 Å². The molecule has 0 bridgehead atoms. The summed E-state index contributed by atoms with van der Waals surface area (Å²) >= 11 is 0. The maximum absolute atomic E-state index is 13.8. The molecular weight excluding hydrogens is 424 g/mol. The summed E-state index contributed by atoms with van der Waals surface area (Å²) in [5.41, 5.74) is 5.69. The number of para-hydroxylation sites is 4. The third-order valence-electron chi connectivity index (χ3n) is 6.48. The largest absolute Gasteiger partial charge is 0.496 e. The van der Waals surface area contributed by atoms with E-state index in [0.29, 0.717) is 6.42 Å². The molecule has 34 heavy (non-hydrogen) atoms. The molecule has 1 aliphatic heterocycles. The van der Waals surface area contributed by atoms with E-state index in [9.17, 15) is 4.79 Å². The van der Waals surface area contributed by atoms with Gasteiger partial charge in [0.2, 0.25) is 0 Å². The zero-order valence-electron chi connectivity index (χ0n) is 19.8. The normalized spacial score (nSPS) is 19.5. The fourth-order valence-electron chi connectivity index (χ4n) is 5.03. The number of hydrogen-bond acceptors (Lipinski definition) is 5. The van der Waals surface area contributed by atoms with Crippen molar-refractivity contribution in [3.05, 3.63) is 95.2 Å². The molecule has 5 nitrogen and oxygen atoms in total. The molecule has 3 aromatic rings. The fourth-order valence-corrected chi connectivity index (χ4v) is 5.03. The number of Topliss-reactive ketones (excluding diaryl/α,β-unsaturated/α-hetero) is 1. The molecule has 0 radical (unpaired) electrons. The molecule has 0 aromatic heterocycles. The third-order valence-corrected chi connectivity index (χ3v) is 6.48. The minimum absolute atomic E-state index is 0.0303. The lowest BCUT2D eigenvalue weighted by Gasteiger charge is -2.31. The van der Waals surface area contributed by atoms with Gasteiger partial charge in [-0.3, -0.25) is 4.79 Å². The molecular formula is C29H30N2O3. The Morgan fingerprint density at radius 1 is 0.824 bits per heavy atom. The van der Waals surface area contributed by atoms with Gasteiger partial charge < -0.3 is 20.1 Å². The number of allylic oxidation sites excluding steroid dienone is 1. The van der Waals surface area contributed by atoms with E-state index in [0.717, 1.165) is 51.7 Å². The zero-order valence-corrected chi connectivity index (χ0v) is 19.8. The van der Waals surface area contributed by atoms with Crippen molar-refractivity contribution in [2.45, 2.75) is 44.8 Å². The number of fused-ring (bicyclic) bond motifs is 1. The van der Waals surface area contributed by atoms with Crippen LogP contribution in [0.1, 0.15) is 49.8 Å². The van der Waals surface area contributed by atoms with E-state index < -0.39 is 0 Å². The van der Waals surface area contributed by atoms with Crippen LogP contribution in [0.3, 0.4) is 0 Å². The van der Waals surface area contributed by atoms with Crippen LogP contribution < -0.4 is 20.1 Å². The first-order valence-electron chi connectivity index (χ1n) is 11.8. The lowest BCUT2D eigenvalue weighted by atomic mass is 9.78. The van der Waals surface area contributed by atoms with Gasteiger partial charge in [0.05, 0.1) is 30.6 Å². The van der Waals surface area contributed by atoms with Crippen LogP contribution in [-0.4, -0.2) is 19.0 Å². The summed E-state index contributed by atoms with van der Waals surface area (Å²) in [6.07, 6.45) is 1.19. The third kappa shape index (κ3) is 4.14. The van der Waals surface area contributed by atoms with Crippen molar-refractivity contribution in [3.63, 3.8) is 0 Å². The maximum atomic E-state index is 13.8. The Morgan fingerprint density at radius 3 is 2.21 bits per heavy atom. The van der Waals surface area contributed by atoms with Crippen LogP contribution in [0, 0.1) is 0 Å². The number of nitrogens with one attached hydrogen (secondary N) is 2. The van der Waals surface area contributed by atoms with Crippen LogP contribution >= 0.6 is 0 Å². The molecule has 2 aliphatic rings. The van der Waals surface area contributed by atoms with Gasteiger partial charge in [-0.2, -0.15) is 0 Å². The Bertz CT molecular complexity index is 1250. The average Bonchev–Trinajstić information content (AvgIpc) is 3.01. The molecule has 174 valence electrons. The number of benzene rings is 3. The molecule has 0 fully saturated rings. The summed E-state index contributed by atoms with van der Waals surface area (Å²) in [6, 6.07) is 23.8. The summed E-state index contributed by atoms with van der Waals surface area (Å²) in [5, 5.41) is 7.25. The molecule has 2 atom stereocenters. The van der Waals surface area contributed by atoms with E-state index in [2.05, 4.69) is 16.7 Å². The van der Waals surface area contributed by atoms with Crippen LogP contribution in [0.15, 0.2) is 84.1 Å². The van der Waals surface area contributed by atoms with E-state index >= 15 is 0 Å². The van der Waals surface area contributed by atoms with Gasteiger partial charge in [-0.05, 0) is 50.1 Å². The van der Waals surface area contributed by atoms with Gasteiger partial charge in [0.15, 0.2) is 5.78 Å². The molecule has 0 spiro atoms. The van der Waals surface area contributed by atoms with Crippen LogP contribution in [0.25, 0.3) is 0 Å². The number of methoxy groups -OCH3 is 1. The van der Waals surface area contributed by atoms with Crippen LogP contribution in [0.5, 0.6) is 11.5 Å². The minimum atomic E-state index is -0.313. The zero-order chi connectivity index (χ0) is 23.7. The quantitative estimate of drug-likeness (QED) is 0.463. The van der Waals surface area contributed by atoms with Gasteiger partial charge in [0.1, 0.15) is 11.5 Å². The fraction of sp³-hybridized carbons (Fsp3) is 0.276. The lowest BCUT2D eigenvalue weighted by molar-refractivity contribution is -0.116. The van der Waals surface area contributed by atoms with Crippen molar-refractivity contribution >= 4 is 17.2 Å². The predicted molar refractivity (Wildman–Crippen MR) is 136 cm³/mol. The number of ketones is 1. The number of rotatable bonds is 5. The van der Waals surface area contributed by atoms with Gasteiger partial charge >= 0.3 is 0 Å². The van der Waals surface area contributed by atoms with Crippen molar-refractivity contribution in [3.8, 4) is 11.5 Å². The van der Waals surface area contributed by atoms with E-state index in [1.165, 1.54) is 0 Å². The Balaban J connectivity index is 1.63. The molecule has 0 saturated carbocycles. The Labute approximate surface area is 200 Å².